The molecule has 0 N–H and O–H groups in total. The number of aryl methyl sites for hydroxylation is 1. The Labute approximate surface area is 127 Å². The highest BCUT2D eigenvalue weighted by Crippen LogP contribution is 2.10. The fourth-order valence-corrected chi connectivity index (χ4v) is 1.63. The molecule has 0 saturated heterocycles. The lowest BCUT2D eigenvalue weighted by Crippen LogP contribution is -2.48. The highest BCUT2D eigenvalue weighted by atomic mass is 16.6. The summed E-state index contributed by atoms with van der Waals surface area (Å²) in [4.78, 5) is 39.9. The number of ether oxygens (including phenoxy) is 3. The average molecular weight is 313 g/mol. The molecule has 0 aliphatic carbocycles. The molecule has 0 aromatic carbocycles. The van der Waals surface area contributed by atoms with Crippen molar-refractivity contribution in [2.75, 3.05) is 24.8 Å². The SMILES string of the molecule is CCOC(=O)c1ncc(C)n1N(C(=O)OCC)C(=O)OCC. The van der Waals surface area contributed by atoms with Gasteiger partial charge in [-0.25, -0.2) is 24.0 Å². The predicted molar refractivity (Wildman–Crippen MR) is 75.2 cm³/mol. The molecule has 0 aliphatic rings. The molecule has 22 heavy (non-hydrogen) atoms. The quantitative estimate of drug-likeness (QED) is 0.601. The first-order valence-electron chi connectivity index (χ1n) is 6.83. The van der Waals surface area contributed by atoms with Gasteiger partial charge in [0.15, 0.2) is 0 Å². The molecule has 1 aromatic heterocycles. The van der Waals surface area contributed by atoms with E-state index in [0.29, 0.717) is 10.7 Å². The molecule has 9 heteroatoms. The maximum atomic E-state index is 12.0. The molecule has 1 aromatic rings. The van der Waals surface area contributed by atoms with Crippen molar-refractivity contribution in [3.8, 4) is 0 Å². The number of rotatable bonds is 5. The van der Waals surface area contributed by atoms with Gasteiger partial charge in [0.2, 0.25) is 5.82 Å². The Morgan fingerprint density at radius 3 is 2.00 bits per heavy atom. The number of carbonyl (C=O) groups is 3. The van der Waals surface area contributed by atoms with Gasteiger partial charge in [0.25, 0.3) is 0 Å². The van der Waals surface area contributed by atoms with Crippen LogP contribution in [0.25, 0.3) is 0 Å². The number of amides is 2. The van der Waals surface area contributed by atoms with Crippen molar-refractivity contribution < 1.29 is 28.6 Å². The number of imidazole rings is 1. The van der Waals surface area contributed by atoms with Crippen molar-refractivity contribution in [2.45, 2.75) is 27.7 Å². The van der Waals surface area contributed by atoms with E-state index in [9.17, 15) is 14.4 Å². The Balaban J connectivity index is 3.29. The third-order valence-electron chi connectivity index (χ3n) is 2.45. The van der Waals surface area contributed by atoms with Crippen molar-refractivity contribution in [3.63, 3.8) is 0 Å². The minimum atomic E-state index is -0.979. The minimum Gasteiger partial charge on any atom is -0.460 e. The van der Waals surface area contributed by atoms with E-state index in [0.717, 1.165) is 4.68 Å². The molecule has 0 unspecified atom stereocenters. The summed E-state index contributed by atoms with van der Waals surface area (Å²) in [6, 6.07) is 0. The minimum absolute atomic E-state index is 0.0528. The zero-order valence-electron chi connectivity index (χ0n) is 13.0. The molecule has 0 spiro atoms. The molecule has 122 valence electrons. The van der Waals surface area contributed by atoms with E-state index < -0.39 is 18.2 Å². The maximum Gasteiger partial charge on any atom is 0.439 e. The summed E-state index contributed by atoms with van der Waals surface area (Å²) in [6.45, 7) is 6.62. The van der Waals surface area contributed by atoms with Crippen LogP contribution in [-0.2, 0) is 14.2 Å². The number of hydrogen-bond acceptors (Lipinski definition) is 7. The Kier molecular flexibility index (Phi) is 6.36. The van der Waals surface area contributed by atoms with Crippen LogP contribution in [0.4, 0.5) is 9.59 Å². The van der Waals surface area contributed by atoms with Crippen LogP contribution >= 0.6 is 0 Å². The molecule has 2 amide bonds. The normalized spacial score (nSPS) is 10.0. The fourth-order valence-electron chi connectivity index (χ4n) is 1.63. The van der Waals surface area contributed by atoms with Gasteiger partial charge in [-0.15, -0.1) is 5.01 Å². The number of nitrogens with zero attached hydrogens (tertiary/aromatic N) is 3. The van der Waals surface area contributed by atoms with Gasteiger partial charge in [0.05, 0.1) is 31.7 Å². The number of imide groups is 1. The van der Waals surface area contributed by atoms with Crippen LogP contribution in [0.3, 0.4) is 0 Å². The second-order valence-electron chi connectivity index (χ2n) is 3.97. The largest absolute Gasteiger partial charge is 0.460 e. The van der Waals surface area contributed by atoms with E-state index in [2.05, 4.69) is 4.98 Å². The predicted octanol–water partition coefficient (Wildman–Crippen LogP) is 1.62. The molecule has 9 nitrogen and oxygen atoms in total. The highest BCUT2D eigenvalue weighted by Gasteiger charge is 2.32. The van der Waals surface area contributed by atoms with Crippen LogP contribution in [0.5, 0.6) is 0 Å². The van der Waals surface area contributed by atoms with Gasteiger partial charge < -0.3 is 14.2 Å². The van der Waals surface area contributed by atoms with Gasteiger partial charge in [-0.3, -0.25) is 0 Å². The molecular formula is C13H19N3O6. The van der Waals surface area contributed by atoms with Gasteiger partial charge in [0, 0.05) is 0 Å². The zero-order chi connectivity index (χ0) is 16.7. The van der Waals surface area contributed by atoms with Crippen LogP contribution in [0, 0.1) is 6.92 Å². The van der Waals surface area contributed by atoms with E-state index in [4.69, 9.17) is 14.2 Å². The number of carbonyl (C=O) groups excluding carboxylic acids is 3. The molecule has 0 aliphatic heterocycles. The first kappa shape index (κ1) is 17.5. The summed E-state index contributed by atoms with van der Waals surface area (Å²) < 4.78 is 15.5. The van der Waals surface area contributed by atoms with Crippen molar-refractivity contribution >= 4 is 18.2 Å². The van der Waals surface area contributed by atoms with E-state index in [1.807, 2.05) is 0 Å². The van der Waals surface area contributed by atoms with Gasteiger partial charge in [0.1, 0.15) is 0 Å². The van der Waals surface area contributed by atoms with Crippen LogP contribution in [0.2, 0.25) is 0 Å². The van der Waals surface area contributed by atoms with Gasteiger partial charge in [-0.1, -0.05) is 0 Å². The van der Waals surface area contributed by atoms with Crippen molar-refractivity contribution in [2.24, 2.45) is 0 Å². The second-order valence-corrected chi connectivity index (χ2v) is 3.97. The first-order valence-corrected chi connectivity index (χ1v) is 6.83. The Morgan fingerprint density at radius 2 is 1.55 bits per heavy atom. The molecule has 1 heterocycles. The molecule has 0 bridgehead atoms. The number of aromatic nitrogens is 2. The summed E-state index contributed by atoms with van der Waals surface area (Å²) in [6.07, 6.45) is -0.627. The van der Waals surface area contributed by atoms with Crippen LogP contribution in [-0.4, -0.2) is 47.6 Å². The Morgan fingerprint density at radius 1 is 1.05 bits per heavy atom. The van der Waals surface area contributed by atoms with Gasteiger partial charge in [-0.2, -0.15) is 0 Å². The van der Waals surface area contributed by atoms with Crippen molar-refractivity contribution in [1.29, 1.82) is 0 Å². The Bertz CT molecular complexity index is 536. The van der Waals surface area contributed by atoms with Gasteiger partial charge >= 0.3 is 18.2 Å². The van der Waals surface area contributed by atoms with E-state index in [1.165, 1.54) is 6.20 Å². The van der Waals surface area contributed by atoms with E-state index >= 15 is 0 Å². The lowest BCUT2D eigenvalue weighted by molar-refractivity contribution is 0.0505. The van der Waals surface area contributed by atoms with Crippen molar-refractivity contribution in [1.82, 2.24) is 9.66 Å². The summed E-state index contributed by atoms with van der Waals surface area (Å²) in [5.41, 5.74) is 0.365. The monoisotopic (exact) mass is 313 g/mol. The average Bonchev–Trinajstić information content (AvgIpc) is 2.82. The van der Waals surface area contributed by atoms with Gasteiger partial charge in [-0.05, 0) is 27.7 Å². The van der Waals surface area contributed by atoms with Crippen LogP contribution in [0.1, 0.15) is 37.1 Å². The van der Waals surface area contributed by atoms with Crippen molar-refractivity contribution in [3.05, 3.63) is 17.7 Å². The fraction of sp³-hybridized carbons (Fsp3) is 0.538. The zero-order valence-corrected chi connectivity index (χ0v) is 13.0. The third-order valence-corrected chi connectivity index (χ3v) is 2.45. The number of hydrogen-bond donors (Lipinski definition) is 0. The molecule has 0 fully saturated rings. The summed E-state index contributed by atoms with van der Waals surface area (Å²) in [5, 5.41) is 0.571. The smallest absolute Gasteiger partial charge is 0.439 e. The van der Waals surface area contributed by atoms with Crippen LogP contribution in [0.15, 0.2) is 6.20 Å². The topological polar surface area (TPSA) is 100.0 Å². The van der Waals surface area contributed by atoms with E-state index in [1.54, 1.807) is 27.7 Å². The lowest BCUT2D eigenvalue weighted by Gasteiger charge is -2.22. The Hall–Kier alpha value is -2.58. The highest BCUT2D eigenvalue weighted by molar-refractivity contribution is 6.03. The number of esters is 1. The molecular weight excluding hydrogens is 294 g/mol. The summed E-state index contributed by atoms with van der Waals surface area (Å²) in [7, 11) is 0. The maximum absolute atomic E-state index is 12.0. The summed E-state index contributed by atoms with van der Waals surface area (Å²) >= 11 is 0. The molecule has 0 atom stereocenters. The third kappa shape index (κ3) is 3.74. The molecule has 0 radical (unpaired) electrons. The standard InChI is InChI=1S/C13H19N3O6/c1-5-20-11(17)10-14-8-9(4)15(10)16(12(18)21-6-2)13(19)22-7-3/h8H,5-7H2,1-4H3. The summed E-state index contributed by atoms with van der Waals surface area (Å²) in [5.74, 6) is -0.991. The second kappa shape index (κ2) is 8.01. The van der Waals surface area contributed by atoms with E-state index in [-0.39, 0.29) is 25.6 Å². The van der Waals surface area contributed by atoms with Crippen LogP contribution < -0.4 is 5.01 Å². The lowest BCUT2D eigenvalue weighted by atomic mass is 10.5. The molecule has 1 rings (SSSR count). The molecule has 0 saturated carbocycles. The first-order chi connectivity index (χ1) is 10.5.